The van der Waals surface area contributed by atoms with Crippen molar-refractivity contribution in [2.24, 2.45) is 0 Å². The van der Waals surface area contributed by atoms with Crippen molar-refractivity contribution in [1.29, 1.82) is 0 Å². The maximum atomic E-state index is 11.6. The van der Waals surface area contributed by atoms with E-state index in [1.54, 1.807) is 18.2 Å². The van der Waals surface area contributed by atoms with Crippen LogP contribution in [-0.2, 0) is 4.79 Å². The number of hydrogen-bond acceptors (Lipinski definition) is 4. The summed E-state index contributed by atoms with van der Waals surface area (Å²) in [7, 11) is 1.53. The number of rotatable bonds is 6. The molecule has 1 aliphatic rings. The van der Waals surface area contributed by atoms with Crippen LogP contribution in [0.25, 0.3) is 0 Å². The molecule has 102 valence electrons. The number of carbonyl (C=O) groups excluding carboxylic acids is 2. The highest BCUT2D eigenvalue weighted by atomic mass is 16.5. The van der Waals surface area contributed by atoms with E-state index in [1.165, 1.54) is 14.0 Å². The minimum Gasteiger partial charge on any atom is -0.497 e. The van der Waals surface area contributed by atoms with Crippen molar-refractivity contribution in [3.8, 4) is 11.5 Å². The average molecular weight is 263 g/mol. The molecule has 0 aromatic heterocycles. The second-order valence-corrected chi connectivity index (χ2v) is 4.55. The third-order valence-corrected chi connectivity index (χ3v) is 2.87. The van der Waals surface area contributed by atoms with Gasteiger partial charge in [-0.3, -0.25) is 9.59 Å². The molecule has 1 fully saturated rings. The summed E-state index contributed by atoms with van der Waals surface area (Å²) in [6, 6.07) is 5.23. The number of ketones is 1. The molecule has 1 N–H and O–H groups in total. The molecule has 1 saturated carbocycles. The van der Waals surface area contributed by atoms with Crippen LogP contribution in [0.4, 0.5) is 0 Å². The zero-order valence-corrected chi connectivity index (χ0v) is 11.1. The molecule has 1 aromatic carbocycles. The molecule has 1 aliphatic carbocycles. The van der Waals surface area contributed by atoms with E-state index in [1.807, 2.05) is 0 Å². The molecular weight excluding hydrogens is 246 g/mol. The van der Waals surface area contributed by atoms with E-state index in [0.29, 0.717) is 23.1 Å². The van der Waals surface area contributed by atoms with Gasteiger partial charge >= 0.3 is 0 Å². The number of methoxy groups -OCH3 is 1. The second-order valence-electron chi connectivity index (χ2n) is 4.55. The van der Waals surface area contributed by atoms with Gasteiger partial charge in [0.25, 0.3) is 5.91 Å². The number of ether oxygens (including phenoxy) is 2. The summed E-state index contributed by atoms with van der Waals surface area (Å²) in [6.45, 7) is 1.36. The number of Topliss-reactive ketones (excluding diaryl/α,β-unsaturated/α-hetero) is 1. The topological polar surface area (TPSA) is 64.6 Å². The lowest BCUT2D eigenvalue weighted by atomic mass is 10.1. The highest BCUT2D eigenvalue weighted by Crippen LogP contribution is 2.25. The molecule has 1 amide bonds. The quantitative estimate of drug-likeness (QED) is 0.791. The summed E-state index contributed by atoms with van der Waals surface area (Å²) in [5, 5.41) is 2.82. The van der Waals surface area contributed by atoms with Crippen molar-refractivity contribution in [3.63, 3.8) is 0 Å². The minimum atomic E-state index is -0.167. The lowest BCUT2D eigenvalue weighted by Gasteiger charge is -2.11. The lowest BCUT2D eigenvalue weighted by molar-refractivity contribution is -0.123. The molecule has 0 saturated heterocycles. The van der Waals surface area contributed by atoms with Crippen LogP contribution in [0.15, 0.2) is 18.2 Å². The largest absolute Gasteiger partial charge is 0.497 e. The van der Waals surface area contributed by atoms with Gasteiger partial charge in [0.15, 0.2) is 12.4 Å². The molecule has 5 heteroatoms. The van der Waals surface area contributed by atoms with Crippen LogP contribution in [0.3, 0.4) is 0 Å². The Morgan fingerprint density at radius 3 is 2.68 bits per heavy atom. The van der Waals surface area contributed by atoms with Gasteiger partial charge in [-0.15, -0.1) is 0 Å². The molecule has 0 radical (unpaired) electrons. The van der Waals surface area contributed by atoms with Gasteiger partial charge < -0.3 is 14.8 Å². The Hall–Kier alpha value is -2.04. The Morgan fingerprint density at radius 2 is 2.11 bits per heavy atom. The van der Waals surface area contributed by atoms with Crippen LogP contribution in [0, 0.1) is 0 Å². The first kappa shape index (κ1) is 13.4. The molecule has 19 heavy (non-hydrogen) atoms. The Morgan fingerprint density at radius 1 is 1.37 bits per heavy atom. The predicted molar refractivity (Wildman–Crippen MR) is 69.7 cm³/mol. The maximum Gasteiger partial charge on any atom is 0.258 e. The van der Waals surface area contributed by atoms with Crippen molar-refractivity contribution in [2.45, 2.75) is 25.8 Å². The van der Waals surface area contributed by atoms with Crippen LogP contribution in [0.5, 0.6) is 11.5 Å². The van der Waals surface area contributed by atoms with Gasteiger partial charge in [-0.25, -0.2) is 0 Å². The summed E-state index contributed by atoms with van der Waals surface area (Å²) in [5.74, 6) is 0.681. The molecule has 0 bridgehead atoms. The number of amides is 1. The zero-order chi connectivity index (χ0) is 13.8. The molecule has 0 heterocycles. The third kappa shape index (κ3) is 3.71. The van der Waals surface area contributed by atoms with E-state index in [-0.39, 0.29) is 18.3 Å². The molecule has 5 nitrogen and oxygen atoms in total. The average Bonchev–Trinajstić information content (AvgIpc) is 3.19. The van der Waals surface area contributed by atoms with E-state index in [2.05, 4.69) is 5.32 Å². The summed E-state index contributed by atoms with van der Waals surface area (Å²) in [6.07, 6.45) is 2.06. The van der Waals surface area contributed by atoms with Crippen molar-refractivity contribution in [2.75, 3.05) is 13.7 Å². The third-order valence-electron chi connectivity index (χ3n) is 2.87. The van der Waals surface area contributed by atoms with Gasteiger partial charge in [0.05, 0.1) is 12.7 Å². The molecule has 0 atom stereocenters. The summed E-state index contributed by atoms with van der Waals surface area (Å²) in [5.41, 5.74) is 0.444. The van der Waals surface area contributed by atoms with Crippen LogP contribution in [0.2, 0.25) is 0 Å². The highest BCUT2D eigenvalue weighted by Gasteiger charge is 2.23. The first-order valence-electron chi connectivity index (χ1n) is 6.21. The fourth-order valence-electron chi connectivity index (χ4n) is 1.68. The Bertz CT molecular complexity index is 494. The first-order chi connectivity index (χ1) is 9.10. The molecule has 2 rings (SSSR count). The number of carbonyl (C=O) groups is 2. The Labute approximate surface area is 111 Å². The molecule has 1 aromatic rings. The second kappa shape index (κ2) is 5.73. The molecule has 0 aliphatic heterocycles. The Balaban J connectivity index is 2.03. The van der Waals surface area contributed by atoms with Crippen LogP contribution >= 0.6 is 0 Å². The van der Waals surface area contributed by atoms with E-state index in [4.69, 9.17) is 9.47 Å². The predicted octanol–water partition coefficient (Wildman–Crippen LogP) is 1.56. The van der Waals surface area contributed by atoms with Gasteiger partial charge in [-0.2, -0.15) is 0 Å². The van der Waals surface area contributed by atoms with E-state index in [0.717, 1.165) is 12.8 Å². The van der Waals surface area contributed by atoms with Gasteiger partial charge in [-0.1, -0.05) is 0 Å². The lowest BCUT2D eigenvalue weighted by Crippen LogP contribution is -2.30. The molecule has 0 spiro atoms. The van der Waals surface area contributed by atoms with E-state index < -0.39 is 0 Å². The fourth-order valence-corrected chi connectivity index (χ4v) is 1.68. The summed E-state index contributed by atoms with van der Waals surface area (Å²) < 4.78 is 10.5. The first-order valence-corrected chi connectivity index (χ1v) is 6.21. The minimum absolute atomic E-state index is 0.0933. The highest BCUT2D eigenvalue weighted by molar-refractivity contribution is 5.97. The van der Waals surface area contributed by atoms with Gasteiger partial charge in [0, 0.05) is 12.1 Å². The molecule has 0 unspecified atom stereocenters. The number of hydrogen-bond donors (Lipinski definition) is 1. The maximum absolute atomic E-state index is 11.6. The fraction of sp³-hybridized carbons (Fsp3) is 0.429. The van der Waals surface area contributed by atoms with Crippen molar-refractivity contribution in [3.05, 3.63) is 23.8 Å². The van der Waals surface area contributed by atoms with Crippen molar-refractivity contribution < 1.29 is 19.1 Å². The summed E-state index contributed by atoms with van der Waals surface area (Å²) in [4.78, 5) is 23.0. The van der Waals surface area contributed by atoms with Gasteiger partial charge in [0.1, 0.15) is 11.5 Å². The van der Waals surface area contributed by atoms with Crippen LogP contribution in [0.1, 0.15) is 30.1 Å². The van der Waals surface area contributed by atoms with E-state index >= 15 is 0 Å². The smallest absolute Gasteiger partial charge is 0.258 e. The van der Waals surface area contributed by atoms with Crippen LogP contribution < -0.4 is 14.8 Å². The van der Waals surface area contributed by atoms with Crippen molar-refractivity contribution >= 4 is 11.7 Å². The Kier molecular flexibility index (Phi) is 4.04. The van der Waals surface area contributed by atoms with Crippen LogP contribution in [-0.4, -0.2) is 31.4 Å². The number of benzene rings is 1. The normalized spacial score (nSPS) is 13.8. The molecular formula is C14H17NO4. The van der Waals surface area contributed by atoms with Crippen molar-refractivity contribution in [1.82, 2.24) is 5.32 Å². The zero-order valence-electron chi connectivity index (χ0n) is 11.1. The van der Waals surface area contributed by atoms with E-state index in [9.17, 15) is 9.59 Å². The van der Waals surface area contributed by atoms with Gasteiger partial charge in [0.2, 0.25) is 0 Å². The number of nitrogens with one attached hydrogen (secondary N) is 1. The summed E-state index contributed by atoms with van der Waals surface area (Å²) >= 11 is 0. The SMILES string of the molecule is COc1ccc(C(C)=O)c(OCC(=O)NC2CC2)c1. The standard InChI is InChI=1S/C14H17NO4/c1-9(16)12-6-5-11(18-2)7-13(12)19-8-14(17)15-10-3-4-10/h5-7,10H,3-4,8H2,1-2H3,(H,15,17). The monoisotopic (exact) mass is 263 g/mol. The van der Waals surface area contributed by atoms with Gasteiger partial charge in [-0.05, 0) is 31.9 Å².